The van der Waals surface area contributed by atoms with Crippen molar-refractivity contribution in [1.82, 2.24) is 10.6 Å². The van der Waals surface area contributed by atoms with Crippen molar-refractivity contribution in [2.75, 3.05) is 19.8 Å². The van der Waals surface area contributed by atoms with Crippen molar-refractivity contribution < 1.29 is 0 Å². The number of hydrogen-bond donors (Lipinski definition) is 2. The second-order valence-corrected chi connectivity index (χ2v) is 9.17. The molecule has 1 aromatic heterocycles. The van der Waals surface area contributed by atoms with Gasteiger partial charge in [0.05, 0.1) is 2.88 Å². The quantitative estimate of drug-likeness (QED) is 0.433. The molecule has 112 valence electrons. The fraction of sp³-hybridized carbons (Fsp3) is 0.643. The molecule has 20 heavy (non-hydrogen) atoms. The maximum Gasteiger partial charge on any atom is 0.191 e. The monoisotopic (exact) mass is 423 g/mol. The topological polar surface area (TPSA) is 36.4 Å². The van der Waals surface area contributed by atoms with Gasteiger partial charge in [0.25, 0.3) is 0 Å². The molecule has 1 aliphatic rings. The van der Waals surface area contributed by atoms with Gasteiger partial charge in [0, 0.05) is 29.8 Å². The first-order chi connectivity index (χ1) is 9.71. The van der Waals surface area contributed by atoms with Crippen LogP contribution < -0.4 is 10.6 Å². The summed E-state index contributed by atoms with van der Waals surface area (Å²) < 4.78 is 1.36. The summed E-state index contributed by atoms with van der Waals surface area (Å²) in [5.41, 5.74) is 0. The molecule has 3 nitrogen and oxygen atoms in total. The van der Waals surface area contributed by atoms with Crippen molar-refractivity contribution in [3.05, 3.63) is 19.9 Å². The highest BCUT2D eigenvalue weighted by Gasteiger charge is 2.24. The molecule has 1 saturated carbocycles. The number of nitrogens with one attached hydrogen (secondary N) is 2. The number of hydrogen-bond acceptors (Lipinski definition) is 3. The molecule has 2 unspecified atom stereocenters. The van der Waals surface area contributed by atoms with E-state index in [1.165, 1.54) is 27.0 Å². The van der Waals surface area contributed by atoms with Crippen molar-refractivity contribution >= 4 is 51.6 Å². The zero-order valence-electron chi connectivity index (χ0n) is 12.0. The molecule has 0 aromatic carbocycles. The summed E-state index contributed by atoms with van der Waals surface area (Å²) in [5.74, 6) is 0.947. The second-order valence-electron chi connectivity index (χ2n) is 4.97. The van der Waals surface area contributed by atoms with Gasteiger partial charge in [-0.2, -0.15) is 11.8 Å². The normalized spacial score (nSPS) is 23.1. The predicted octanol–water partition coefficient (Wildman–Crippen LogP) is 3.34. The third kappa shape index (κ3) is 5.11. The average molecular weight is 423 g/mol. The minimum atomic E-state index is 0.585. The third-order valence-electron chi connectivity index (χ3n) is 3.57. The van der Waals surface area contributed by atoms with E-state index in [0.29, 0.717) is 6.04 Å². The first kappa shape index (κ1) is 16.4. The molecule has 2 N–H and O–H groups in total. The minimum absolute atomic E-state index is 0.585. The Morgan fingerprint density at radius 1 is 1.50 bits per heavy atom. The van der Waals surface area contributed by atoms with E-state index in [9.17, 15) is 0 Å². The molecule has 0 bridgehead atoms. The lowest BCUT2D eigenvalue weighted by atomic mass is 10.2. The Morgan fingerprint density at radius 3 is 2.95 bits per heavy atom. The predicted molar refractivity (Wildman–Crippen MR) is 100 cm³/mol. The largest absolute Gasteiger partial charge is 0.356 e. The van der Waals surface area contributed by atoms with Crippen LogP contribution in [0.3, 0.4) is 0 Å². The molecular formula is C14H22IN3S2. The van der Waals surface area contributed by atoms with Gasteiger partial charge in [0.1, 0.15) is 0 Å². The van der Waals surface area contributed by atoms with Gasteiger partial charge in [-0.1, -0.05) is 0 Å². The van der Waals surface area contributed by atoms with Crippen LogP contribution in [-0.4, -0.2) is 37.1 Å². The standard InChI is InChI=1S/C14H22IN3S2/c1-16-14(18-10-3-4-12(9-10)19-2)17-8-7-11-5-6-13(15)20-11/h5-6,10,12H,3-4,7-9H2,1-2H3,(H2,16,17,18). The van der Waals surface area contributed by atoms with Gasteiger partial charge < -0.3 is 10.6 Å². The van der Waals surface area contributed by atoms with Crippen molar-refractivity contribution in [3.63, 3.8) is 0 Å². The SMILES string of the molecule is CN=C(NCCc1ccc(I)s1)NC1CCC(SC)C1. The van der Waals surface area contributed by atoms with Crippen LogP contribution in [-0.2, 0) is 6.42 Å². The van der Waals surface area contributed by atoms with E-state index in [2.05, 4.69) is 56.6 Å². The first-order valence-electron chi connectivity index (χ1n) is 6.95. The number of thiophene rings is 1. The van der Waals surface area contributed by atoms with Gasteiger partial charge in [-0.25, -0.2) is 0 Å². The van der Waals surface area contributed by atoms with Crippen LogP contribution in [0.4, 0.5) is 0 Å². The van der Waals surface area contributed by atoms with Crippen LogP contribution >= 0.6 is 45.7 Å². The summed E-state index contributed by atoms with van der Waals surface area (Å²) in [5, 5.41) is 7.79. The average Bonchev–Trinajstić information content (AvgIpc) is 3.06. The van der Waals surface area contributed by atoms with Crippen LogP contribution in [0, 0.1) is 2.88 Å². The van der Waals surface area contributed by atoms with Crippen molar-refractivity contribution in [2.45, 2.75) is 37.0 Å². The summed E-state index contributed by atoms with van der Waals surface area (Å²) in [7, 11) is 1.85. The lowest BCUT2D eigenvalue weighted by Crippen LogP contribution is -2.43. The van der Waals surface area contributed by atoms with Crippen LogP contribution in [0.2, 0.25) is 0 Å². The van der Waals surface area contributed by atoms with Gasteiger partial charge in [0.15, 0.2) is 5.96 Å². The molecule has 6 heteroatoms. The van der Waals surface area contributed by atoms with Crippen LogP contribution in [0.25, 0.3) is 0 Å². The summed E-state index contributed by atoms with van der Waals surface area (Å²) in [6, 6.07) is 4.97. The van der Waals surface area contributed by atoms with Crippen molar-refractivity contribution in [3.8, 4) is 0 Å². The highest BCUT2D eigenvalue weighted by Crippen LogP contribution is 2.28. The molecule has 1 fully saturated rings. The van der Waals surface area contributed by atoms with Crippen LogP contribution in [0.5, 0.6) is 0 Å². The van der Waals surface area contributed by atoms with E-state index >= 15 is 0 Å². The molecule has 1 aromatic rings. The summed E-state index contributed by atoms with van der Waals surface area (Å²) in [6.07, 6.45) is 7.11. The first-order valence-corrected chi connectivity index (χ1v) is 10.1. The maximum atomic E-state index is 4.33. The zero-order chi connectivity index (χ0) is 14.4. The second kappa shape index (κ2) is 8.48. The van der Waals surface area contributed by atoms with E-state index in [0.717, 1.165) is 24.2 Å². The number of aliphatic imine (C=N–C) groups is 1. The Bertz CT molecular complexity index is 447. The van der Waals surface area contributed by atoms with E-state index in [1.807, 2.05) is 30.1 Å². The van der Waals surface area contributed by atoms with E-state index in [1.54, 1.807) is 0 Å². The highest BCUT2D eigenvalue weighted by atomic mass is 127. The lowest BCUT2D eigenvalue weighted by Gasteiger charge is -2.17. The number of guanidine groups is 1. The number of rotatable bonds is 5. The van der Waals surface area contributed by atoms with E-state index in [-0.39, 0.29) is 0 Å². The van der Waals surface area contributed by atoms with Gasteiger partial charge in [-0.3, -0.25) is 4.99 Å². The molecule has 2 atom stereocenters. The summed E-state index contributed by atoms with van der Waals surface area (Å²) in [4.78, 5) is 5.76. The molecule has 0 aliphatic heterocycles. The van der Waals surface area contributed by atoms with Gasteiger partial charge >= 0.3 is 0 Å². The number of nitrogens with zero attached hydrogens (tertiary/aromatic N) is 1. The number of halogens is 1. The molecular weight excluding hydrogens is 401 g/mol. The summed E-state index contributed by atoms with van der Waals surface area (Å²) >= 11 is 6.23. The van der Waals surface area contributed by atoms with E-state index in [4.69, 9.17) is 0 Å². The molecule has 0 saturated heterocycles. The molecule has 1 heterocycles. The Balaban J connectivity index is 1.70. The van der Waals surface area contributed by atoms with E-state index < -0.39 is 0 Å². The third-order valence-corrected chi connectivity index (χ3v) is 6.62. The maximum absolute atomic E-state index is 4.33. The van der Waals surface area contributed by atoms with Crippen LogP contribution in [0.15, 0.2) is 17.1 Å². The van der Waals surface area contributed by atoms with Crippen LogP contribution in [0.1, 0.15) is 24.1 Å². The molecule has 0 spiro atoms. The molecule has 1 aliphatic carbocycles. The van der Waals surface area contributed by atoms with Gasteiger partial charge in [-0.05, 0) is 66.7 Å². The summed E-state index contributed by atoms with van der Waals surface area (Å²) in [6.45, 7) is 0.939. The lowest BCUT2D eigenvalue weighted by molar-refractivity contribution is 0.615. The zero-order valence-corrected chi connectivity index (χ0v) is 15.8. The highest BCUT2D eigenvalue weighted by molar-refractivity contribution is 14.1. The van der Waals surface area contributed by atoms with Gasteiger partial charge in [0.2, 0.25) is 0 Å². The van der Waals surface area contributed by atoms with Crippen molar-refractivity contribution in [1.29, 1.82) is 0 Å². The smallest absolute Gasteiger partial charge is 0.191 e. The molecule has 0 amide bonds. The fourth-order valence-electron chi connectivity index (χ4n) is 2.46. The Labute approximate surface area is 143 Å². The Kier molecular flexibility index (Phi) is 6.96. The Hall–Kier alpha value is 0.0500. The number of thioether (sulfide) groups is 1. The molecule has 2 rings (SSSR count). The Morgan fingerprint density at radius 2 is 2.35 bits per heavy atom. The van der Waals surface area contributed by atoms with Crippen molar-refractivity contribution in [2.24, 2.45) is 4.99 Å². The molecule has 0 radical (unpaired) electrons. The fourth-order valence-corrected chi connectivity index (χ4v) is 5.02. The minimum Gasteiger partial charge on any atom is -0.356 e. The van der Waals surface area contributed by atoms with Gasteiger partial charge in [-0.15, -0.1) is 11.3 Å².